The first-order chi connectivity index (χ1) is 17.9. The minimum Gasteiger partial charge on any atom is -0.744 e. The van der Waals surface area contributed by atoms with Gasteiger partial charge in [-0.2, -0.15) is 0 Å². The van der Waals surface area contributed by atoms with Crippen molar-refractivity contribution in [1.82, 2.24) is 0 Å². The number of aromatic hydroxyl groups is 2. The molecule has 2 rings (SSSR count). The number of phenolic OH excluding ortho intramolecular Hbond substituents is 2. The molecule has 0 heterocycles. The molecule has 0 bridgehead atoms. The van der Waals surface area contributed by atoms with Crippen molar-refractivity contribution in [3.8, 4) is 11.5 Å². The standard InChI is InChI=1S/C21H46N.C10H8O5S/c1-5-6-7-8-9-10-11-12-13-14-15-16-17-18-19-20-21-22(2,3)4;11-7-2-1-6-3-8(16(13,14)15)5-10(12)9(6)4-7/h5-21H2,1-4H3;1-5,11-12H,(H,13,14,15)/q+1;/p-1. The van der Waals surface area contributed by atoms with Crippen LogP contribution in [0, 0.1) is 0 Å². The Morgan fingerprint density at radius 2 is 1.13 bits per heavy atom. The number of benzene rings is 2. The van der Waals surface area contributed by atoms with Gasteiger partial charge >= 0.3 is 0 Å². The summed E-state index contributed by atoms with van der Waals surface area (Å²) in [6.45, 7) is 3.63. The molecule has 0 saturated heterocycles. The van der Waals surface area contributed by atoms with Gasteiger partial charge in [0.25, 0.3) is 0 Å². The van der Waals surface area contributed by atoms with Crippen LogP contribution in [0.15, 0.2) is 35.2 Å². The first-order valence-corrected chi connectivity index (χ1v) is 16.1. The van der Waals surface area contributed by atoms with E-state index in [4.69, 9.17) is 0 Å². The molecule has 0 amide bonds. The highest BCUT2D eigenvalue weighted by Gasteiger charge is 2.08. The normalized spacial score (nSPS) is 11.9. The zero-order chi connectivity index (χ0) is 28.4. The van der Waals surface area contributed by atoms with Crippen LogP contribution in [0.5, 0.6) is 11.5 Å². The lowest BCUT2D eigenvalue weighted by Crippen LogP contribution is -2.35. The lowest BCUT2D eigenvalue weighted by molar-refractivity contribution is -0.870. The third kappa shape index (κ3) is 16.2. The molecular formula is C31H53NO5S. The molecule has 0 aromatic heterocycles. The van der Waals surface area contributed by atoms with Gasteiger partial charge in [0.1, 0.15) is 21.6 Å². The van der Waals surface area contributed by atoms with Crippen molar-refractivity contribution in [2.24, 2.45) is 0 Å². The highest BCUT2D eigenvalue weighted by Crippen LogP contribution is 2.31. The molecule has 0 fully saturated rings. The summed E-state index contributed by atoms with van der Waals surface area (Å²) in [4.78, 5) is -0.497. The van der Waals surface area contributed by atoms with Gasteiger partial charge < -0.3 is 19.2 Å². The van der Waals surface area contributed by atoms with E-state index in [2.05, 4.69) is 28.1 Å². The van der Waals surface area contributed by atoms with E-state index in [0.717, 1.165) is 16.6 Å². The zero-order valence-corrected chi connectivity index (χ0v) is 25.2. The summed E-state index contributed by atoms with van der Waals surface area (Å²) in [5.74, 6) is -0.414. The Morgan fingerprint density at radius 1 is 0.684 bits per heavy atom. The lowest BCUT2D eigenvalue weighted by atomic mass is 10.0. The SMILES string of the molecule is CCCCCCCCCCCCCCCCCC[N+](C)(C)C.O=S(=O)([O-])c1cc(O)c2cc(O)ccc2c1. The van der Waals surface area contributed by atoms with E-state index in [1.165, 1.54) is 127 Å². The van der Waals surface area contributed by atoms with E-state index >= 15 is 0 Å². The number of hydrogen-bond donors (Lipinski definition) is 2. The van der Waals surface area contributed by atoms with Gasteiger partial charge in [-0.25, -0.2) is 8.42 Å². The number of phenols is 2. The number of rotatable bonds is 18. The molecule has 0 spiro atoms. The summed E-state index contributed by atoms with van der Waals surface area (Å²) in [5, 5.41) is 19.4. The molecular weight excluding hydrogens is 498 g/mol. The Labute approximate surface area is 232 Å². The Kier molecular flexibility index (Phi) is 16.6. The Bertz CT molecular complexity index is 1010. The molecule has 218 valence electrons. The molecule has 0 aliphatic heterocycles. The second-order valence-electron chi connectivity index (χ2n) is 11.6. The van der Waals surface area contributed by atoms with Crippen LogP contribution in [-0.2, 0) is 10.1 Å². The molecule has 6 nitrogen and oxygen atoms in total. The van der Waals surface area contributed by atoms with Crippen molar-refractivity contribution in [3.05, 3.63) is 30.3 Å². The van der Waals surface area contributed by atoms with Crippen LogP contribution in [0.4, 0.5) is 0 Å². The van der Waals surface area contributed by atoms with Crippen molar-refractivity contribution < 1.29 is 27.7 Å². The fraction of sp³-hybridized carbons (Fsp3) is 0.677. The summed E-state index contributed by atoms with van der Waals surface area (Å²) in [6, 6.07) is 6.05. The van der Waals surface area contributed by atoms with E-state index in [1.54, 1.807) is 0 Å². The molecule has 2 aromatic rings. The molecule has 38 heavy (non-hydrogen) atoms. The van der Waals surface area contributed by atoms with Crippen molar-refractivity contribution in [2.75, 3.05) is 27.7 Å². The van der Waals surface area contributed by atoms with Crippen LogP contribution in [0.2, 0.25) is 0 Å². The summed E-state index contributed by atoms with van der Waals surface area (Å²) >= 11 is 0. The predicted octanol–water partition coefficient (Wildman–Crippen LogP) is 8.11. The maximum Gasteiger partial charge on any atom is 0.124 e. The summed E-state index contributed by atoms with van der Waals surface area (Å²) in [5.41, 5.74) is 0. The summed E-state index contributed by atoms with van der Waals surface area (Å²) < 4.78 is 33.5. The van der Waals surface area contributed by atoms with Gasteiger partial charge in [0, 0.05) is 5.39 Å². The molecule has 0 aliphatic rings. The third-order valence-electron chi connectivity index (χ3n) is 6.86. The minimum atomic E-state index is -4.60. The zero-order valence-electron chi connectivity index (χ0n) is 24.4. The van der Waals surface area contributed by atoms with Gasteiger partial charge in [-0.3, -0.25) is 0 Å². The lowest BCUT2D eigenvalue weighted by Gasteiger charge is -2.23. The van der Waals surface area contributed by atoms with Gasteiger partial charge in [0.2, 0.25) is 0 Å². The van der Waals surface area contributed by atoms with E-state index in [1.807, 2.05) is 0 Å². The topological polar surface area (TPSA) is 97.7 Å². The predicted molar refractivity (Wildman–Crippen MR) is 158 cm³/mol. The first-order valence-electron chi connectivity index (χ1n) is 14.7. The number of unbranched alkanes of at least 4 members (excludes halogenated alkanes) is 15. The van der Waals surface area contributed by atoms with Gasteiger partial charge in [-0.15, -0.1) is 0 Å². The van der Waals surface area contributed by atoms with Crippen molar-refractivity contribution in [2.45, 2.75) is 115 Å². The Morgan fingerprint density at radius 3 is 1.55 bits per heavy atom. The second-order valence-corrected chi connectivity index (χ2v) is 13.0. The highest BCUT2D eigenvalue weighted by molar-refractivity contribution is 7.85. The van der Waals surface area contributed by atoms with Gasteiger partial charge in [0.15, 0.2) is 0 Å². The van der Waals surface area contributed by atoms with Crippen LogP contribution >= 0.6 is 0 Å². The molecule has 0 aliphatic carbocycles. The summed E-state index contributed by atoms with van der Waals surface area (Å²) in [6.07, 6.45) is 23.4. The monoisotopic (exact) mass is 551 g/mol. The molecule has 0 unspecified atom stereocenters. The fourth-order valence-corrected chi connectivity index (χ4v) is 5.11. The van der Waals surface area contributed by atoms with Crippen molar-refractivity contribution >= 4 is 20.9 Å². The van der Waals surface area contributed by atoms with Crippen LogP contribution in [0.1, 0.15) is 110 Å². The van der Waals surface area contributed by atoms with Gasteiger partial charge in [-0.1, -0.05) is 103 Å². The molecule has 0 radical (unpaired) electrons. The number of fused-ring (bicyclic) bond motifs is 1. The average Bonchev–Trinajstić information content (AvgIpc) is 2.83. The molecule has 0 saturated carbocycles. The maximum atomic E-state index is 10.8. The minimum absolute atomic E-state index is 0.0551. The van der Waals surface area contributed by atoms with E-state index in [-0.39, 0.29) is 16.9 Å². The Balaban J connectivity index is 0.000000396. The average molecular weight is 552 g/mol. The van der Waals surface area contributed by atoms with Crippen LogP contribution < -0.4 is 0 Å². The van der Waals surface area contributed by atoms with Crippen molar-refractivity contribution in [3.63, 3.8) is 0 Å². The van der Waals surface area contributed by atoms with Crippen LogP contribution in [0.25, 0.3) is 10.8 Å². The second kappa shape index (κ2) is 18.5. The first kappa shape index (κ1) is 34.2. The highest BCUT2D eigenvalue weighted by atomic mass is 32.2. The van der Waals surface area contributed by atoms with E-state index in [0.29, 0.717) is 5.39 Å². The molecule has 0 atom stereocenters. The largest absolute Gasteiger partial charge is 0.744 e. The number of nitrogens with zero attached hydrogens (tertiary/aromatic N) is 1. The van der Waals surface area contributed by atoms with Gasteiger partial charge in [0.05, 0.1) is 32.6 Å². The van der Waals surface area contributed by atoms with Gasteiger partial charge in [-0.05, 0) is 42.5 Å². The number of hydrogen-bond acceptors (Lipinski definition) is 5. The third-order valence-corrected chi connectivity index (χ3v) is 7.67. The molecule has 2 N–H and O–H groups in total. The molecule has 7 heteroatoms. The smallest absolute Gasteiger partial charge is 0.124 e. The summed E-state index contributed by atoms with van der Waals surface area (Å²) in [7, 11) is 2.29. The quantitative estimate of drug-likeness (QED) is 0.111. The Hall–Kier alpha value is -1.83. The van der Waals surface area contributed by atoms with Crippen molar-refractivity contribution in [1.29, 1.82) is 0 Å². The molecule has 2 aromatic carbocycles. The maximum absolute atomic E-state index is 10.8. The number of quaternary nitrogens is 1. The van der Waals surface area contributed by atoms with Crippen LogP contribution in [0.3, 0.4) is 0 Å². The van der Waals surface area contributed by atoms with Crippen LogP contribution in [-0.4, -0.2) is 55.4 Å². The van der Waals surface area contributed by atoms with E-state index < -0.39 is 15.0 Å². The van der Waals surface area contributed by atoms with E-state index in [9.17, 15) is 23.2 Å². The fourth-order valence-electron chi connectivity index (χ4n) is 4.58.